The van der Waals surface area contributed by atoms with Gasteiger partial charge in [-0.2, -0.15) is 0 Å². The Balaban J connectivity index is 1.85. The second kappa shape index (κ2) is 5.66. The molecule has 2 fully saturated rings. The van der Waals surface area contributed by atoms with Crippen LogP contribution in [-0.4, -0.2) is 28.4 Å². The number of piperidine rings is 1. The van der Waals surface area contributed by atoms with Crippen LogP contribution < -0.4 is 5.43 Å². The van der Waals surface area contributed by atoms with Crippen LogP contribution in [0.2, 0.25) is 0 Å². The SMILES string of the molecule is Cc1cc(=O)c(C(=O)N2CCC[C@@H]3C[C@H](C)CC[C@H]32)c[nH]1. The highest BCUT2D eigenvalue weighted by atomic mass is 16.2. The van der Waals surface area contributed by atoms with Crippen LogP contribution in [0.25, 0.3) is 0 Å². The number of nitrogens with one attached hydrogen (secondary N) is 1. The largest absolute Gasteiger partial charge is 0.364 e. The van der Waals surface area contributed by atoms with E-state index in [9.17, 15) is 9.59 Å². The number of H-pyrrole nitrogens is 1. The second-order valence-electron chi connectivity index (χ2n) is 6.78. The lowest BCUT2D eigenvalue weighted by Crippen LogP contribution is -2.51. The summed E-state index contributed by atoms with van der Waals surface area (Å²) in [5.74, 6) is 1.31. The fourth-order valence-electron chi connectivity index (χ4n) is 4.04. The van der Waals surface area contributed by atoms with Crippen molar-refractivity contribution in [1.29, 1.82) is 0 Å². The molecular formula is C17H24N2O2. The number of likely N-dealkylation sites (tertiary alicyclic amines) is 1. The minimum atomic E-state index is -0.164. The highest BCUT2D eigenvalue weighted by Gasteiger charge is 2.38. The van der Waals surface area contributed by atoms with Crippen molar-refractivity contribution in [3.63, 3.8) is 0 Å². The third kappa shape index (κ3) is 2.76. The highest BCUT2D eigenvalue weighted by molar-refractivity contribution is 5.94. The molecule has 1 amide bonds. The zero-order valence-corrected chi connectivity index (χ0v) is 12.9. The Morgan fingerprint density at radius 2 is 2.14 bits per heavy atom. The normalized spacial score (nSPS) is 29.0. The molecule has 3 rings (SSSR count). The van der Waals surface area contributed by atoms with Gasteiger partial charge in [-0.15, -0.1) is 0 Å². The van der Waals surface area contributed by atoms with E-state index in [1.54, 1.807) is 6.20 Å². The Morgan fingerprint density at radius 1 is 1.33 bits per heavy atom. The Labute approximate surface area is 125 Å². The van der Waals surface area contributed by atoms with Gasteiger partial charge in [-0.1, -0.05) is 6.92 Å². The van der Waals surface area contributed by atoms with Crippen molar-refractivity contribution < 1.29 is 4.79 Å². The fraction of sp³-hybridized carbons (Fsp3) is 0.647. The molecule has 4 nitrogen and oxygen atoms in total. The number of hydrogen-bond acceptors (Lipinski definition) is 2. The first-order valence-electron chi connectivity index (χ1n) is 8.06. The number of hydrogen-bond donors (Lipinski definition) is 1. The average Bonchev–Trinajstić information content (AvgIpc) is 2.45. The van der Waals surface area contributed by atoms with Gasteiger partial charge in [0.2, 0.25) is 0 Å². The summed E-state index contributed by atoms with van der Waals surface area (Å²) >= 11 is 0. The number of nitrogens with zero attached hydrogens (tertiary/aromatic N) is 1. The summed E-state index contributed by atoms with van der Waals surface area (Å²) in [6, 6.07) is 1.85. The Bertz CT molecular complexity index is 593. The molecule has 114 valence electrons. The maximum Gasteiger partial charge on any atom is 0.259 e. The molecule has 0 bridgehead atoms. The van der Waals surface area contributed by atoms with Crippen LogP contribution in [-0.2, 0) is 0 Å². The lowest BCUT2D eigenvalue weighted by molar-refractivity contribution is 0.0320. The predicted molar refractivity (Wildman–Crippen MR) is 82.4 cm³/mol. The zero-order chi connectivity index (χ0) is 15.0. The van der Waals surface area contributed by atoms with E-state index in [-0.39, 0.29) is 11.3 Å². The van der Waals surface area contributed by atoms with E-state index >= 15 is 0 Å². The van der Waals surface area contributed by atoms with Crippen molar-refractivity contribution in [3.05, 3.63) is 33.7 Å². The van der Waals surface area contributed by atoms with Crippen LogP contribution in [0.5, 0.6) is 0 Å². The Morgan fingerprint density at radius 3 is 2.90 bits per heavy atom. The first-order chi connectivity index (χ1) is 10.1. The standard InChI is InChI=1S/C17H24N2O2/c1-11-5-6-15-13(8-11)4-3-7-19(15)17(21)14-10-18-12(2)9-16(14)20/h9-11,13,15H,3-8H2,1-2H3,(H,18,20)/t11-,13-,15-/m1/s1. The summed E-state index contributed by atoms with van der Waals surface area (Å²) in [6.07, 6.45) is 7.36. The van der Waals surface area contributed by atoms with Crippen molar-refractivity contribution in [2.24, 2.45) is 11.8 Å². The molecule has 1 aliphatic carbocycles. The molecule has 0 radical (unpaired) electrons. The van der Waals surface area contributed by atoms with Crippen molar-refractivity contribution >= 4 is 5.91 Å². The second-order valence-corrected chi connectivity index (χ2v) is 6.78. The van der Waals surface area contributed by atoms with Crippen LogP contribution in [0.1, 0.15) is 55.1 Å². The summed E-state index contributed by atoms with van der Waals surface area (Å²) in [7, 11) is 0. The predicted octanol–water partition coefficient (Wildman–Crippen LogP) is 2.72. The van der Waals surface area contributed by atoms with Crippen molar-refractivity contribution in [2.45, 2.75) is 52.0 Å². The van der Waals surface area contributed by atoms with Gasteiger partial charge in [0.25, 0.3) is 5.91 Å². The summed E-state index contributed by atoms with van der Waals surface area (Å²) in [4.78, 5) is 29.8. The van der Waals surface area contributed by atoms with Crippen LogP contribution in [0.3, 0.4) is 0 Å². The van der Waals surface area contributed by atoms with Gasteiger partial charge in [0.15, 0.2) is 5.43 Å². The fourth-order valence-corrected chi connectivity index (χ4v) is 4.04. The summed E-state index contributed by atoms with van der Waals surface area (Å²) in [5.41, 5.74) is 0.919. The molecule has 1 aromatic heterocycles. The monoisotopic (exact) mass is 288 g/mol. The number of rotatable bonds is 1. The molecule has 1 saturated heterocycles. The van der Waals surface area contributed by atoms with E-state index in [4.69, 9.17) is 0 Å². The number of amides is 1. The number of fused-ring (bicyclic) bond motifs is 1. The molecule has 3 atom stereocenters. The van der Waals surface area contributed by atoms with Gasteiger partial charge in [-0.3, -0.25) is 9.59 Å². The van der Waals surface area contributed by atoms with Gasteiger partial charge in [-0.05, 0) is 50.9 Å². The number of carbonyl (C=O) groups is 1. The van der Waals surface area contributed by atoms with Gasteiger partial charge >= 0.3 is 0 Å². The van der Waals surface area contributed by atoms with Gasteiger partial charge in [0, 0.05) is 30.5 Å². The van der Waals surface area contributed by atoms with E-state index in [1.807, 2.05) is 11.8 Å². The van der Waals surface area contributed by atoms with E-state index in [0.29, 0.717) is 17.5 Å². The molecule has 0 aromatic carbocycles. The van der Waals surface area contributed by atoms with Crippen molar-refractivity contribution in [3.8, 4) is 0 Å². The third-order valence-corrected chi connectivity index (χ3v) is 5.13. The molecule has 0 spiro atoms. The maximum absolute atomic E-state index is 12.8. The van der Waals surface area contributed by atoms with Gasteiger partial charge in [0.1, 0.15) is 5.56 Å². The van der Waals surface area contributed by atoms with E-state index in [0.717, 1.165) is 31.0 Å². The first-order valence-corrected chi connectivity index (χ1v) is 8.06. The van der Waals surface area contributed by atoms with Crippen LogP contribution in [0.4, 0.5) is 0 Å². The maximum atomic E-state index is 12.8. The number of pyridine rings is 1. The van der Waals surface area contributed by atoms with Crippen LogP contribution in [0.15, 0.2) is 17.1 Å². The molecule has 1 aliphatic heterocycles. The molecule has 0 unspecified atom stereocenters. The number of aromatic amines is 1. The van der Waals surface area contributed by atoms with Gasteiger partial charge in [0.05, 0.1) is 0 Å². The van der Waals surface area contributed by atoms with Gasteiger partial charge in [-0.25, -0.2) is 0 Å². The highest BCUT2D eigenvalue weighted by Crippen LogP contribution is 2.38. The lowest BCUT2D eigenvalue weighted by Gasteiger charge is -2.45. The average molecular weight is 288 g/mol. The smallest absolute Gasteiger partial charge is 0.259 e. The molecule has 4 heteroatoms. The number of carbonyl (C=O) groups excluding carboxylic acids is 1. The van der Waals surface area contributed by atoms with Gasteiger partial charge < -0.3 is 9.88 Å². The molecule has 2 aliphatic rings. The first kappa shape index (κ1) is 14.4. The Kier molecular flexibility index (Phi) is 3.87. The van der Waals surface area contributed by atoms with Crippen LogP contribution >= 0.6 is 0 Å². The minimum Gasteiger partial charge on any atom is -0.364 e. The van der Waals surface area contributed by atoms with E-state index < -0.39 is 0 Å². The topological polar surface area (TPSA) is 53.2 Å². The number of aryl methyl sites for hydroxylation is 1. The Hall–Kier alpha value is -1.58. The molecular weight excluding hydrogens is 264 g/mol. The molecule has 1 N–H and O–H groups in total. The number of aromatic nitrogens is 1. The third-order valence-electron chi connectivity index (χ3n) is 5.13. The van der Waals surface area contributed by atoms with Crippen molar-refractivity contribution in [2.75, 3.05) is 6.54 Å². The molecule has 1 aromatic rings. The summed E-state index contributed by atoms with van der Waals surface area (Å²) in [6.45, 7) is 4.93. The lowest BCUT2D eigenvalue weighted by atomic mass is 9.74. The van der Waals surface area contributed by atoms with Crippen LogP contribution in [0, 0.1) is 18.8 Å². The zero-order valence-electron chi connectivity index (χ0n) is 12.9. The minimum absolute atomic E-state index is 0.0829. The van der Waals surface area contributed by atoms with Crippen molar-refractivity contribution in [1.82, 2.24) is 9.88 Å². The van der Waals surface area contributed by atoms with E-state index in [1.165, 1.54) is 25.3 Å². The molecule has 2 heterocycles. The molecule has 21 heavy (non-hydrogen) atoms. The summed E-state index contributed by atoms with van der Waals surface area (Å²) < 4.78 is 0. The van der Waals surface area contributed by atoms with E-state index in [2.05, 4.69) is 11.9 Å². The molecule has 1 saturated carbocycles. The quantitative estimate of drug-likeness (QED) is 0.864. The summed E-state index contributed by atoms with van der Waals surface area (Å²) in [5, 5.41) is 0.